The Morgan fingerprint density at radius 1 is 1.13 bits per heavy atom. The van der Waals surface area contributed by atoms with E-state index in [2.05, 4.69) is 5.32 Å². The Hall–Kier alpha value is -2.91. The summed E-state index contributed by atoms with van der Waals surface area (Å²) in [5.74, 6) is 0.220. The third-order valence-electron chi connectivity index (χ3n) is 5.74. The van der Waals surface area contributed by atoms with Gasteiger partial charge < -0.3 is 15.0 Å². The van der Waals surface area contributed by atoms with E-state index in [0.717, 1.165) is 28.5 Å². The summed E-state index contributed by atoms with van der Waals surface area (Å²) in [7, 11) is -2.25. The number of likely N-dealkylation sites (tertiary alicyclic amines) is 1. The third kappa shape index (κ3) is 4.28. The number of methoxy groups -OCH3 is 1. The van der Waals surface area contributed by atoms with Gasteiger partial charge in [0.15, 0.2) is 0 Å². The number of nitrogens with zero attached hydrogens (tertiary/aromatic N) is 2. The predicted molar refractivity (Wildman–Crippen MR) is 114 cm³/mol. The van der Waals surface area contributed by atoms with Gasteiger partial charge in [-0.05, 0) is 48.7 Å². The lowest BCUT2D eigenvalue weighted by Gasteiger charge is -2.27. The highest BCUT2D eigenvalue weighted by molar-refractivity contribution is 7.89. The Kier molecular flexibility index (Phi) is 5.97. The first-order valence-corrected chi connectivity index (χ1v) is 11.7. The number of hydrogen-bond donors (Lipinski definition) is 1. The molecule has 31 heavy (non-hydrogen) atoms. The van der Waals surface area contributed by atoms with E-state index in [1.165, 1.54) is 12.1 Å². The Morgan fingerprint density at radius 2 is 1.90 bits per heavy atom. The molecule has 0 bridgehead atoms. The van der Waals surface area contributed by atoms with E-state index >= 15 is 0 Å². The lowest BCUT2D eigenvalue weighted by Crippen LogP contribution is -2.49. The minimum Gasteiger partial charge on any atom is -0.497 e. The van der Waals surface area contributed by atoms with Crippen LogP contribution in [0.3, 0.4) is 0 Å². The van der Waals surface area contributed by atoms with Gasteiger partial charge in [0.2, 0.25) is 15.9 Å². The van der Waals surface area contributed by atoms with E-state index < -0.39 is 10.0 Å². The van der Waals surface area contributed by atoms with Gasteiger partial charge in [0, 0.05) is 25.2 Å². The number of hydrogen-bond acceptors (Lipinski definition) is 5. The van der Waals surface area contributed by atoms with Gasteiger partial charge in [0.25, 0.3) is 5.91 Å². The number of rotatable bonds is 5. The molecule has 0 spiro atoms. The molecule has 0 unspecified atom stereocenters. The van der Waals surface area contributed by atoms with Crippen LogP contribution in [0.25, 0.3) is 0 Å². The predicted octanol–water partition coefficient (Wildman–Crippen LogP) is 1.79. The van der Waals surface area contributed by atoms with Crippen molar-refractivity contribution in [3.63, 3.8) is 0 Å². The molecular weight excluding hydrogens is 418 g/mol. The minimum atomic E-state index is -3.86. The average molecular weight is 444 g/mol. The van der Waals surface area contributed by atoms with Crippen LogP contribution in [0.2, 0.25) is 0 Å². The summed E-state index contributed by atoms with van der Waals surface area (Å²) >= 11 is 0. The van der Waals surface area contributed by atoms with Crippen LogP contribution in [0.15, 0.2) is 53.4 Å². The second kappa shape index (κ2) is 8.68. The number of carbonyl (C=O) groups is 2. The number of nitrogens with one attached hydrogen (secondary N) is 1. The highest BCUT2D eigenvalue weighted by Gasteiger charge is 2.33. The smallest absolute Gasteiger partial charge is 0.254 e. The molecular formula is C22H25N3O5S. The number of sulfonamides is 1. The summed E-state index contributed by atoms with van der Waals surface area (Å²) in [6.07, 6.45) is 1.72. The summed E-state index contributed by atoms with van der Waals surface area (Å²) in [6, 6.07) is 13.7. The minimum absolute atomic E-state index is 0.0215. The molecule has 2 heterocycles. The fourth-order valence-corrected chi connectivity index (χ4v) is 5.55. The number of benzene rings is 2. The summed E-state index contributed by atoms with van der Waals surface area (Å²) in [4.78, 5) is 26.7. The summed E-state index contributed by atoms with van der Waals surface area (Å²) in [5, 5.41) is 2.62. The molecule has 2 saturated heterocycles. The highest BCUT2D eigenvalue weighted by atomic mass is 32.2. The maximum Gasteiger partial charge on any atom is 0.254 e. The van der Waals surface area contributed by atoms with Crippen LogP contribution in [0.1, 0.15) is 34.8 Å². The van der Waals surface area contributed by atoms with Crippen molar-refractivity contribution < 1.29 is 22.7 Å². The van der Waals surface area contributed by atoms with Gasteiger partial charge in [-0.15, -0.1) is 0 Å². The zero-order valence-electron chi connectivity index (χ0n) is 17.3. The molecule has 8 nitrogen and oxygen atoms in total. The first kappa shape index (κ1) is 21.3. The van der Waals surface area contributed by atoms with Crippen molar-refractivity contribution in [3.05, 3.63) is 59.7 Å². The quantitative estimate of drug-likeness (QED) is 0.760. The maximum absolute atomic E-state index is 13.3. The maximum atomic E-state index is 13.3. The van der Waals surface area contributed by atoms with Crippen LogP contribution in [-0.4, -0.2) is 62.7 Å². The highest BCUT2D eigenvalue weighted by Crippen LogP contribution is 2.34. The van der Waals surface area contributed by atoms with Crippen molar-refractivity contribution in [1.82, 2.24) is 14.5 Å². The van der Waals surface area contributed by atoms with E-state index in [1.54, 1.807) is 24.1 Å². The zero-order valence-corrected chi connectivity index (χ0v) is 18.1. The van der Waals surface area contributed by atoms with Crippen molar-refractivity contribution in [2.45, 2.75) is 23.8 Å². The molecule has 2 aliphatic rings. The molecule has 0 aromatic heterocycles. The molecule has 2 amide bonds. The molecule has 2 aliphatic heterocycles. The van der Waals surface area contributed by atoms with Crippen LogP contribution in [-0.2, 0) is 14.8 Å². The number of carbonyl (C=O) groups excluding carboxylic acids is 2. The van der Waals surface area contributed by atoms with Crippen molar-refractivity contribution >= 4 is 21.8 Å². The van der Waals surface area contributed by atoms with Gasteiger partial charge in [-0.1, -0.05) is 18.2 Å². The fourth-order valence-electron chi connectivity index (χ4n) is 4.11. The molecule has 4 rings (SSSR count). The van der Waals surface area contributed by atoms with Crippen LogP contribution >= 0.6 is 0 Å². The van der Waals surface area contributed by atoms with Gasteiger partial charge in [-0.2, -0.15) is 4.31 Å². The standard InChI is InChI=1S/C22H25N3O5S/c1-30-18-9-7-16(8-10-18)20-6-3-12-25(20)22(27)17-4-2-5-19(14-17)31(28,29)24-13-11-23-21(26)15-24/h2,4-5,7-10,14,20H,3,6,11-13,15H2,1H3,(H,23,26)/t20-/m1/s1. The average Bonchev–Trinajstić information content (AvgIpc) is 3.28. The van der Waals surface area contributed by atoms with Crippen molar-refractivity contribution in [2.24, 2.45) is 0 Å². The summed E-state index contributed by atoms with van der Waals surface area (Å²) < 4.78 is 32.3. The molecule has 2 aromatic carbocycles. The lowest BCUT2D eigenvalue weighted by atomic mass is 10.0. The van der Waals surface area contributed by atoms with E-state index in [-0.39, 0.29) is 42.4 Å². The summed E-state index contributed by atoms with van der Waals surface area (Å²) in [5.41, 5.74) is 1.35. The van der Waals surface area contributed by atoms with E-state index in [9.17, 15) is 18.0 Å². The normalized spacial score (nSPS) is 19.8. The van der Waals surface area contributed by atoms with Crippen LogP contribution in [0, 0.1) is 0 Å². The van der Waals surface area contributed by atoms with E-state index in [0.29, 0.717) is 12.1 Å². The van der Waals surface area contributed by atoms with Crippen LogP contribution in [0.5, 0.6) is 5.75 Å². The Morgan fingerprint density at radius 3 is 2.61 bits per heavy atom. The molecule has 0 radical (unpaired) electrons. The first-order valence-electron chi connectivity index (χ1n) is 10.2. The van der Waals surface area contributed by atoms with Crippen molar-refractivity contribution in [1.29, 1.82) is 0 Å². The van der Waals surface area contributed by atoms with E-state index in [1.807, 2.05) is 24.3 Å². The Bertz CT molecular complexity index is 1080. The Balaban J connectivity index is 1.58. The van der Waals surface area contributed by atoms with Gasteiger partial charge in [0.05, 0.1) is 24.6 Å². The number of ether oxygens (including phenoxy) is 1. The summed E-state index contributed by atoms with van der Waals surface area (Å²) in [6.45, 7) is 0.872. The number of amides is 2. The second-order valence-corrected chi connectivity index (χ2v) is 9.58. The largest absolute Gasteiger partial charge is 0.497 e. The SMILES string of the molecule is COc1ccc([C@H]2CCCN2C(=O)c2cccc(S(=O)(=O)N3CCNC(=O)C3)c2)cc1. The number of piperazine rings is 1. The van der Waals surface area contributed by atoms with Crippen molar-refractivity contribution in [3.8, 4) is 5.75 Å². The van der Waals surface area contributed by atoms with Gasteiger partial charge in [0.1, 0.15) is 5.75 Å². The monoisotopic (exact) mass is 443 g/mol. The Labute approximate surface area is 181 Å². The van der Waals surface area contributed by atoms with Gasteiger partial charge in [-0.3, -0.25) is 9.59 Å². The molecule has 2 aromatic rings. The van der Waals surface area contributed by atoms with Gasteiger partial charge >= 0.3 is 0 Å². The molecule has 2 fully saturated rings. The second-order valence-electron chi connectivity index (χ2n) is 7.65. The van der Waals surface area contributed by atoms with Gasteiger partial charge in [-0.25, -0.2) is 8.42 Å². The molecule has 164 valence electrons. The molecule has 1 atom stereocenters. The van der Waals surface area contributed by atoms with Crippen molar-refractivity contribution in [2.75, 3.05) is 33.3 Å². The molecule has 1 N–H and O–H groups in total. The molecule has 0 saturated carbocycles. The lowest BCUT2D eigenvalue weighted by molar-refractivity contribution is -0.122. The molecule has 0 aliphatic carbocycles. The molecule has 9 heteroatoms. The fraction of sp³-hybridized carbons (Fsp3) is 0.364. The van der Waals surface area contributed by atoms with Crippen LogP contribution < -0.4 is 10.1 Å². The topological polar surface area (TPSA) is 96.0 Å². The van der Waals surface area contributed by atoms with E-state index in [4.69, 9.17) is 4.74 Å². The third-order valence-corrected chi connectivity index (χ3v) is 7.58. The zero-order chi connectivity index (χ0) is 22.0. The first-order chi connectivity index (χ1) is 14.9. The van der Waals surface area contributed by atoms with Crippen LogP contribution in [0.4, 0.5) is 0 Å².